The van der Waals surface area contributed by atoms with Crippen molar-refractivity contribution in [3.8, 4) is 17.6 Å². The molecule has 6 N–H and O–H groups in total. The Kier molecular flexibility index (Phi) is 27.5. The predicted octanol–water partition coefficient (Wildman–Crippen LogP) is 8.26. The molecule has 2 amide bonds. The van der Waals surface area contributed by atoms with Crippen LogP contribution < -0.4 is 36.3 Å². The predicted molar refractivity (Wildman–Crippen MR) is 411 cm³/mol. The van der Waals surface area contributed by atoms with Crippen LogP contribution in [-0.4, -0.2) is 199 Å². The van der Waals surface area contributed by atoms with Crippen molar-refractivity contribution in [2.24, 2.45) is 20.7 Å². The van der Waals surface area contributed by atoms with E-state index in [4.69, 9.17) is 46.8 Å². The Hall–Kier alpha value is -11.2. The molecule has 0 unspecified atom stereocenters. The van der Waals surface area contributed by atoms with Crippen LogP contribution >= 0.6 is 11.6 Å². The highest BCUT2D eigenvalue weighted by atomic mass is 35.5. The van der Waals surface area contributed by atoms with Crippen LogP contribution in [0.2, 0.25) is 5.15 Å². The average molecular weight is 1620 g/mol. The number of anilines is 1. The number of hydrogen-bond acceptors (Lipinski definition) is 30. The van der Waals surface area contributed by atoms with E-state index in [1.54, 1.807) is 66.7 Å². The largest absolute Gasteiger partial charge is 0.480 e. The molecule has 9 heterocycles. The normalized spacial score (nSPS) is 18.8. The van der Waals surface area contributed by atoms with Gasteiger partial charge in [-0.1, -0.05) is 58.1 Å². The van der Waals surface area contributed by atoms with Crippen LogP contribution in [-0.2, 0) is 69.0 Å². The molecular formula is C69H88ClF3N22O13S3. The molecule has 598 valence electrons. The number of halogens is 4. The number of benzene rings is 3. The maximum Gasteiger partial charge on any atom is 0.414 e. The smallest absolute Gasteiger partial charge is 0.414 e. The summed E-state index contributed by atoms with van der Waals surface area (Å²) >= 11 is 5.76. The second-order valence-corrected chi connectivity index (χ2v) is 33.2. The first kappa shape index (κ1) is 88.7. The number of ether oxygens (including phenoxy) is 5. The number of aliphatic imine (C=N–C) groups is 3. The van der Waals surface area contributed by atoms with Crippen molar-refractivity contribution in [2.75, 3.05) is 65.5 Å². The van der Waals surface area contributed by atoms with E-state index < -0.39 is 105 Å². The maximum atomic E-state index is 15.2. The number of guanidine groups is 3. The molecule has 35 nitrogen and oxygen atoms in total. The molecule has 0 radical (unpaired) electrons. The van der Waals surface area contributed by atoms with Crippen molar-refractivity contribution in [2.45, 2.75) is 125 Å². The molecule has 9 aromatic rings. The Bertz CT molecular complexity index is 5440. The summed E-state index contributed by atoms with van der Waals surface area (Å²) in [5, 5.41) is 4.99. The molecule has 3 aliphatic heterocycles. The van der Waals surface area contributed by atoms with Gasteiger partial charge in [0.25, 0.3) is 0 Å². The van der Waals surface area contributed by atoms with Gasteiger partial charge in [0.15, 0.2) is 22.1 Å². The molecule has 0 saturated heterocycles. The highest BCUT2D eigenvalue weighted by Gasteiger charge is 2.46. The summed E-state index contributed by atoms with van der Waals surface area (Å²) < 4.78 is 148. The zero-order valence-electron chi connectivity index (χ0n) is 60.9. The molecule has 0 saturated carbocycles. The number of rotatable bonds is 10. The lowest BCUT2D eigenvalue weighted by Crippen LogP contribution is -2.54. The van der Waals surface area contributed by atoms with Crippen LogP contribution in [0.4, 0.5) is 28.4 Å². The zero-order chi connectivity index (χ0) is 79.4. The van der Waals surface area contributed by atoms with E-state index in [2.05, 4.69) is 85.4 Å². The minimum atomic E-state index is -3.96. The van der Waals surface area contributed by atoms with Crippen molar-refractivity contribution in [3.05, 3.63) is 154 Å². The lowest BCUT2D eigenvalue weighted by molar-refractivity contribution is 0.0546. The molecule has 0 aliphatic carbocycles. The summed E-state index contributed by atoms with van der Waals surface area (Å²) in [6, 6.07) is 12.7. The van der Waals surface area contributed by atoms with E-state index in [-0.39, 0.29) is 69.0 Å². The van der Waals surface area contributed by atoms with E-state index in [0.717, 1.165) is 19.0 Å². The van der Waals surface area contributed by atoms with Crippen molar-refractivity contribution < 1.29 is 71.7 Å². The van der Waals surface area contributed by atoms with Crippen LogP contribution in [0.1, 0.15) is 124 Å². The fourth-order valence-electron chi connectivity index (χ4n) is 10.8. The maximum absolute atomic E-state index is 15.2. The fourth-order valence-corrected chi connectivity index (χ4v) is 15.4. The van der Waals surface area contributed by atoms with Gasteiger partial charge in [-0.25, -0.2) is 121 Å². The van der Waals surface area contributed by atoms with Crippen LogP contribution in [0.3, 0.4) is 0 Å². The molecule has 42 heteroatoms. The van der Waals surface area contributed by atoms with Gasteiger partial charge in [0, 0.05) is 56.4 Å². The van der Waals surface area contributed by atoms with Gasteiger partial charge >= 0.3 is 12.2 Å². The second-order valence-electron chi connectivity index (χ2n) is 26.9. The number of aromatic nitrogens is 12. The number of nitrogens with zero attached hydrogens (tertiary/aromatic N) is 18. The molecular weight excluding hydrogens is 1530 g/mol. The Morgan fingerprint density at radius 1 is 0.495 bits per heavy atom. The van der Waals surface area contributed by atoms with E-state index in [9.17, 15) is 43.6 Å². The monoisotopic (exact) mass is 1620 g/mol. The number of nitrogen functional groups attached to an aromatic ring is 1. The van der Waals surface area contributed by atoms with E-state index >= 15 is 4.39 Å². The summed E-state index contributed by atoms with van der Waals surface area (Å²) in [4.78, 5) is 87.1. The summed E-state index contributed by atoms with van der Waals surface area (Å²) in [5.74, 6) is -2.93. The number of hydrogen-bond donors (Lipinski definition) is 4. The highest BCUT2D eigenvalue weighted by molar-refractivity contribution is 7.90. The van der Waals surface area contributed by atoms with Gasteiger partial charge in [0.05, 0.1) is 68.6 Å². The number of fused-ring (bicyclic) bond motifs is 3. The second kappa shape index (κ2) is 34.4. The Balaban J connectivity index is 0.000000240. The first-order valence-corrected chi connectivity index (χ1v) is 37.4. The van der Waals surface area contributed by atoms with E-state index in [1.807, 2.05) is 0 Å². The highest BCUT2D eigenvalue weighted by Crippen LogP contribution is 2.38. The number of alkyl carbamates (subject to hydrolysis) is 2. The minimum Gasteiger partial charge on any atom is -0.480 e. The summed E-state index contributed by atoms with van der Waals surface area (Å²) in [6.07, 6.45) is 7.22. The minimum absolute atomic E-state index is 0. The number of carbonyl (C=O) groups excluding carboxylic acids is 2. The molecule has 111 heavy (non-hydrogen) atoms. The number of sulfonamides is 3. The van der Waals surface area contributed by atoms with Gasteiger partial charge in [-0.3, -0.25) is 10.6 Å². The molecule has 3 aromatic carbocycles. The van der Waals surface area contributed by atoms with Crippen molar-refractivity contribution in [1.29, 1.82) is 0 Å². The van der Waals surface area contributed by atoms with Crippen LogP contribution in [0.5, 0.6) is 17.6 Å². The van der Waals surface area contributed by atoms with Gasteiger partial charge in [-0.05, 0) is 104 Å². The molecule has 0 bridgehead atoms. The molecule has 0 spiro atoms. The van der Waals surface area contributed by atoms with Crippen molar-refractivity contribution in [1.82, 2.24) is 83.4 Å². The van der Waals surface area contributed by atoms with Gasteiger partial charge in [0.2, 0.25) is 65.6 Å². The van der Waals surface area contributed by atoms with Crippen LogP contribution in [0.25, 0.3) is 33.5 Å². The quantitative estimate of drug-likeness (QED) is 0.0739. The lowest BCUT2D eigenvalue weighted by Gasteiger charge is -2.36. The molecule has 3 aliphatic rings. The Morgan fingerprint density at radius 3 is 1.20 bits per heavy atom. The van der Waals surface area contributed by atoms with Crippen LogP contribution in [0, 0.1) is 17.5 Å². The third-order valence-electron chi connectivity index (χ3n) is 16.1. The number of methoxy groups -OCH3 is 3. The van der Waals surface area contributed by atoms with Crippen molar-refractivity contribution >= 4 is 111 Å². The Morgan fingerprint density at radius 2 is 0.829 bits per heavy atom. The molecule has 12 rings (SSSR count). The summed E-state index contributed by atoms with van der Waals surface area (Å²) in [6.45, 7) is 14.5. The Labute approximate surface area is 645 Å². The standard InChI is InChI=1S/C24H28FN7O5S.C19H20FN7O3S.C16H23FN4O4S.C7H5ClN4O.3CH4/c1-23(2,3)37-22(33)30-21-31-24(4,12-38(34,35)32(21)5)15-9-14(7-8-16(15)25)10-17-19-20(28-13-27-17)29-18(36-6)11-26-19;1-19(9-31(28,29)27(2)18(21)26-19)12-6-11(4-5-13(12)20)7-14-16-17(24-10-23-14)25-15(30-3)8-22-16;1-15(2,3)25-14(22)19-13-20-16(4,9-26(23,24)21(13)5)11-8-10(18)6-7-12(11)17;1-13-4-2-9-5-6(8)10-3-11-7(5)12-4;;;/h7-9,11,13H,10,12H2,1-6H3,(H,30,31,33);4-6,8,10H,7,9H2,1-3H3,(H2,21,26);6-8H,9,18H2,1-5H3,(H,19,20,22);2-3H,1H3;3*1H4/t24-;19-;16-;;;;/m000..../s1. The SMILES string of the molecule is C.C.C.CN1C(NC(=O)OC(C)(C)C)=N[C@](C)(c2cc(N)ccc2F)CS1(=O)=O.COc1cnc2c(Cc3ccc(F)c([C@]4(C)CS(=O)(=O)N(C)C(N)=N4)c3)ncnc2n1.COc1cnc2c(Cc3ccc(F)c([C@]4(C)CS(=O)(=O)N(C)C(NC(=O)OC(C)(C)C)=N4)c3)ncnc2n1.COc1cnc2c(Cl)ncnc2n1. The summed E-state index contributed by atoms with van der Waals surface area (Å²) in [7, 11) is -3.26. The number of nitrogens with two attached hydrogens (primary N) is 2. The van der Waals surface area contributed by atoms with Gasteiger partial charge in [0.1, 0.15) is 80.8 Å². The summed E-state index contributed by atoms with van der Waals surface area (Å²) in [5.41, 5.74) is 11.0. The van der Waals surface area contributed by atoms with Crippen molar-refractivity contribution in [3.63, 3.8) is 0 Å². The average Bonchev–Trinajstić information content (AvgIpc) is 0.759. The number of amides is 2. The fraction of sp³-hybridized carbons (Fsp3) is 0.406. The first-order valence-electron chi connectivity index (χ1n) is 32.1. The van der Waals surface area contributed by atoms with Gasteiger partial charge < -0.3 is 35.2 Å². The van der Waals surface area contributed by atoms with E-state index in [0.29, 0.717) is 85.2 Å². The number of carbonyl (C=O) groups is 2. The van der Waals surface area contributed by atoms with E-state index in [1.165, 1.54) is 124 Å². The third kappa shape index (κ3) is 21.0. The van der Waals surface area contributed by atoms with Gasteiger partial charge in [-0.2, -0.15) is 15.0 Å². The molecule has 6 aromatic heterocycles. The third-order valence-corrected chi connectivity index (χ3v) is 22.2. The topological polar surface area (TPSA) is 460 Å². The molecule has 3 atom stereocenters. The molecule has 0 fully saturated rings. The van der Waals surface area contributed by atoms with Crippen LogP contribution in [0.15, 0.2) is 107 Å². The first-order chi connectivity index (χ1) is 50.4. The van der Waals surface area contributed by atoms with Gasteiger partial charge in [-0.15, -0.1) is 0 Å². The zero-order valence-corrected chi connectivity index (χ0v) is 64.1. The number of nitrogens with one attached hydrogen (secondary N) is 2. The lowest BCUT2D eigenvalue weighted by atomic mass is 9.91.